The van der Waals surface area contributed by atoms with Crippen LogP contribution in [0.1, 0.15) is 12.8 Å². The average molecular weight is 190 g/mol. The molecule has 4 heteroatoms. The molecule has 0 amide bonds. The zero-order valence-electron chi connectivity index (χ0n) is 7.97. The summed E-state index contributed by atoms with van der Waals surface area (Å²) >= 11 is 0. The summed E-state index contributed by atoms with van der Waals surface area (Å²) in [4.78, 5) is 4.19. The molecule has 2 rings (SSSR count). The molecule has 2 fully saturated rings. The van der Waals surface area contributed by atoms with Crippen molar-refractivity contribution in [3.05, 3.63) is 0 Å². The Bertz CT molecular complexity index is 198. The molecule has 0 saturated carbocycles. The predicted octanol–water partition coefficient (Wildman–Crippen LogP) is 1.03. The maximum atomic E-state index is 12.2. The summed E-state index contributed by atoms with van der Waals surface area (Å²) in [6.07, 6.45) is -0.0108. The lowest BCUT2D eigenvalue weighted by Gasteiger charge is -2.50. The number of likely N-dealkylation sites (N-methyl/N-ethyl adjacent to an activating group) is 1. The van der Waals surface area contributed by atoms with Gasteiger partial charge in [-0.25, -0.2) is 8.78 Å². The number of hydrogen-bond acceptors (Lipinski definition) is 2. The lowest BCUT2D eigenvalue weighted by atomic mass is 9.84. The van der Waals surface area contributed by atoms with E-state index in [2.05, 4.69) is 11.9 Å². The largest absolute Gasteiger partial charge is 0.304 e. The molecule has 2 saturated heterocycles. The second-order valence-corrected chi connectivity index (χ2v) is 4.30. The van der Waals surface area contributed by atoms with E-state index < -0.39 is 6.43 Å². The summed E-state index contributed by atoms with van der Waals surface area (Å²) in [6, 6.07) is 0. The predicted molar refractivity (Wildman–Crippen MR) is 47.0 cm³/mol. The lowest BCUT2D eigenvalue weighted by molar-refractivity contribution is -0.0452. The highest BCUT2D eigenvalue weighted by Crippen LogP contribution is 2.38. The van der Waals surface area contributed by atoms with E-state index in [4.69, 9.17) is 0 Å². The third kappa shape index (κ3) is 1.57. The van der Waals surface area contributed by atoms with Crippen LogP contribution in [0.2, 0.25) is 0 Å². The van der Waals surface area contributed by atoms with Gasteiger partial charge in [-0.2, -0.15) is 0 Å². The van der Waals surface area contributed by atoms with E-state index in [0.717, 1.165) is 32.5 Å². The van der Waals surface area contributed by atoms with Gasteiger partial charge in [-0.1, -0.05) is 0 Å². The topological polar surface area (TPSA) is 6.48 Å². The van der Waals surface area contributed by atoms with Crippen LogP contribution >= 0.6 is 0 Å². The Morgan fingerprint density at radius 3 is 2.38 bits per heavy atom. The Labute approximate surface area is 77.5 Å². The van der Waals surface area contributed by atoms with Gasteiger partial charge in [0, 0.05) is 18.6 Å². The molecule has 13 heavy (non-hydrogen) atoms. The van der Waals surface area contributed by atoms with Gasteiger partial charge in [0.25, 0.3) is 6.43 Å². The standard InChI is InChI=1S/C9H16F2N2/c1-12-4-2-9(7-12)3-5-13(9)6-8(10)11/h8H,2-7H2,1H3/t9-/m1/s1. The number of hydrogen-bond donors (Lipinski definition) is 0. The average Bonchev–Trinajstić information content (AvgIpc) is 2.44. The minimum atomic E-state index is -2.18. The molecule has 2 heterocycles. The molecule has 76 valence electrons. The quantitative estimate of drug-likeness (QED) is 0.641. The summed E-state index contributed by atoms with van der Waals surface area (Å²) < 4.78 is 24.4. The summed E-state index contributed by atoms with van der Waals surface area (Å²) in [5.41, 5.74) is 0.116. The number of nitrogens with zero attached hydrogens (tertiary/aromatic N) is 2. The molecule has 0 aromatic carbocycles. The van der Waals surface area contributed by atoms with Gasteiger partial charge in [0.1, 0.15) is 0 Å². The fourth-order valence-electron chi connectivity index (χ4n) is 2.56. The van der Waals surface area contributed by atoms with E-state index in [1.807, 2.05) is 4.90 Å². The Morgan fingerprint density at radius 2 is 2.00 bits per heavy atom. The summed E-state index contributed by atoms with van der Waals surface area (Å²) in [5.74, 6) is 0. The van der Waals surface area contributed by atoms with Crippen molar-refractivity contribution >= 4 is 0 Å². The van der Waals surface area contributed by atoms with Gasteiger partial charge in [0.15, 0.2) is 0 Å². The van der Waals surface area contributed by atoms with Crippen LogP contribution in [0.15, 0.2) is 0 Å². The highest BCUT2D eigenvalue weighted by Gasteiger charge is 2.48. The first-order valence-electron chi connectivity index (χ1n) is 4.84. The van der Waals surface area contributed by atoms with E-state index in [-0.39, 0.29) is 12.1 Å². The van der Waals surface area contributed by atoms with Gasteiger partial charge in [-0.3, -0.25) is 4.90 Å². The third-order valence-electron chi connectivity index (χ3n) is 3.40. The minimum Gasteiger partial charge on any atom is -0.304 e. The Kier molecular flexibility index (Phi) is 2.28. The Morgan fingerprint density at radius 1 is 1.31 bits per heavy atom. The minimum absolute atomic E-state index is 0.0339. The molecular formula is C9H16F2N2. The number of rotatable bonds is 2. The zero-order chi connectivity index (χ0) is 9.47. The smallest absolute Gasteiger partial charge is 0.251 e. The molecule has 0 N–H and O–H groups in total. The lowest BCUT2D eigenvalue weighted by Crippen LogP contribution is -2.62. The maximum Gasteiger partial charge on any atom is 0.251 e. The maximum absolute atomic E-state index is 12.2. The molecule has 2 nitrogen and oxygen atoms in total. The van der Waals surface area contributed by atoms with Crippen LogP contribution in [0, 0.1) is 0 Å². The van der Waals surface area contributed by atoms with Crippen molar-refractivity contribution in [3.63, 3.8) is 0 Å². The van der Waals surface area contributed by atoms with Crippen LogP contribution in [0.25, 0.3) is 0 Å². The van der Waals surface area contributed by atoms with E-state index in [9.17, 15) is 8.78 Å². The second kappa shape index (κ2) is 3.17. The first-order chi connectivity index (χ1) is 6.12. The van der Waals surface area contributed by atoms with E-state index >= 15 is 0 Å². The fourth-order valence-corrected chi connectivity index (χ4v) is 2.56. The second-order valence-electron chi connectivity index (χ2n) is 4.30. The van der Waals surface area contributed by atoms with Crippen molar-refractivity contribution in [2.24, 2.45) is 0 Å². The van der Waals surface area contributed by atoms with Gasteiger partial charge in [-0.05, 0) is 26.4 Å². The highest BCUT2D eigenvalue weighted by molar-refractivity contribution is 5.05. The molecule has 1 spiro atoms. The van der Waals surface area contributed by atoms with Crippen molar-refractivity contribution in [2.75, 3.05) is 33.2 Å². The third-order valence-corrected chi connectivity index (χ3v) is 3.40. The Balaban J connectivity index is 1.93. The molecule has 1 atom stereocenters. The van der Waals surface area contributed by atoms with Crippen LogP contribution in [-0.2, 0) is 0 Å². The SMILES string of the molecule is CN1CC[C@@]2(CCN2CC(F)F)C1. The van der Waals surface area contributed by atoms with Gasteiger partial charge in [-0.15, -0.1) is 0 Å². The first kappa shape index (κ1) is 9.34. The van der Waals surface area contributed by atoms with Crippen molar-refractivity contribution in [1.29, 1.82) is 0 Å². The van der Waals surface area contributed by atoms with Crippen LogP contribution < -0.4 is 0 Å². The summed E-state index contributed by atoms with van der Waals surface area (Å²) in [7, 11) is 2.06. The van der Waals surface area contributed by atoms with Crippen LogP contribution in [-0.4, -0.2) is 55.0 Å². The number of halogens is 2. The first-order valence-corrected chi connectivity index (χ1v) is 4.84. The van der Waals surface area contributed by atoms with E-state index in [1.54, 1.807) is 0 Å². The highest BCUT2D eigenvalue weighted by atomic mass is 19.3. The van der Waals surface area contributed by atoms with Gasteiger partial charge < -0.3 is 4.90 Å². The summed E-state index contributed by atoms with van der Waals surface area (Å²) in [5, 5.41) is 0. The van der Waals surface area contributed by atoms with Crippen LogP contribution in [0.3, 0.4) is 0 Å². The molecule has 0 radical (unpaired) electrons. The van der Waals surface area contributed by atoms with E-state index in [1.165, 1.54) is 0 Å². The molecule has 0 bridgehead atoms. The zero-order valence-corrected chi connectivity index (χ0v) is 7.97. The molecule has 0 aliphatic carbocycles. The summed E-state index contributed by atoms with van der Waals surface area (Å²) in [6.45, 7) is 2.85. The molecule has 0 aromatic heterocycles. The van der Waals surface area contributed by atoms with Crippen molar-refractivity contribution in [3.8, 4) is 0 Å². The Hall–Kier alpha value is -0.220. The molecular weight excluding hydrogens is 174 g/mol. The fraction of sp³-hybridized carbons (Fsp3) is 1.00. The van der Waals surface area contributed by atoms with Crippen LogP contribution in [0.5, 0.6) is 0 Å². The van der Waals surface area contributed by atoms with Gasteiger partial charge in [0.05, 0.1) is 6.54 Å². The molecule has 2 aliphatic heterocycles. The monoisotopic (exact) mass is 190 g/mol. The normalized spacial score (nSPS) is 36.0. The number of likely N-dealkylation sites (tertiary alicyclic amines) is 2. The molecule has 2 aliphatic rings. The van der Waals surface area contributed by atoms with Crippen LogP contribution in [0.4, 0.5) is 8.78 Å². The van der Waals surface area contributed by atoms with Crippen molar-refractivity contribution in [1.82, 2.24) is 9.80 Å². The van der Waals surface area contributed by atoms with E-state index in [0.29, 0.717) is 0 Å². The molecule has 0 unspecified atom stereocenters. The van der Waals surface area contributed by atoms with Gasteiger partial charge >= 0.3 is 0 Å². The number of alkyl halides is 2. The molecule has 0 aromatic rings. The van der Waals surface area contributed by atoms with Gasteiger partial charge in [0.2, 0.25) is 0 Å². The van der Waals surface area contributed by atoms with Crippen molar-refractivity contribution in [2.45, 2.75) is 24.8 Å². The van der Waals surface area contributed by atoms with Crippen molar-refractivity contribution < 1.29 is 8.78 Å².